The highest BCUT2D eigenvalue weighted by Gasteiger charge is 2.14. The number of hydrogen-bond acceptors (Lipinski definition) is 4. The molecule has 1 atom stereocenters. The SMILES string of the molecule is COC(=O)C(Br)CNc1cccc(NC(C)=O)c1. The fourth-order valence-corrected chi connectivity index (χ4v) is 1.68. The molecule has 1 rings (SSSR count). The highest BCUT2D eigenvalue weighted by Crippen LogP contribution is 2.15. The maximum absolute atomic E-state index is 11.2. The number of methoxy groups -OCH3 is 1. The predicted molar refractivity (Wildman–Crippen MR) is 74.0 cm³/mol. The van der Waals surface area contributed by atoms with E-state index < -0.39 is 4.83 Å². The number of carbonyl (C=O) groups excluding carboxylic acids is 2. The van der Waals surface area contributed by atoms with Crippen molar-refractivity contribution in [1.29, 1.82) is 0 Å². The third kappa shape index (κ3) is 4.75. The lowest BCUT2D eigenvalue weighted by Gasteiger charge is -2.11. The third-order valence-corrected chi connectivity index (χ3v) is 2.82. The van der Waals surface area contributed by atoms with Crippen LogP contribution in [-0.4, -0.2) is 30.4 Å². The molecular formula is C12H15BrN2O3. The summed E-state index contributed by atoms with van der Waals surface area (Å²) in [5.41, 5.74) is 1.52. The summed E-state index contributed by atoms with van der Waals surface area (Å²) in [6.07, 6.45) is 0. The first-order valence-electron chi connectivity index (χ1n) is 5.36. The Kier molecular flexibility index (Phi) is 5.64. The number of benzene rings is 1. The van der Waals surface area contributed by atoms with E-state index >= 15 is 0 Å². The number of alkyl halides is 1. The number of amides is 1. The molecule has 0 heterocycles. The van der Waals surface area contributed by atoms with Crippen molar-refractivity contribution in [2.45, 2.75) is 11.8 Å². The van der Waals surface area contributed by atoms with Crippen LogP contribution in [0.25, 0.3) is 0 Å². The number of hydrogen-bond donors (Lipinski definition) is 2. The Morgan fingerprint density at radius 3 is 2.67 bits per heavy atom. The molecule has 1 aromatic carbocycles. The number of carbonyl (C=O) groups is 2. The van der Waals surface area contributed by atoms with E-state index in [9.17, 15) is 9.59 Å². The van der Waals surface area contributed by atoms with Gasteiger partial charge in [-0.1, -0.05) is 22.0 Å². The minimum atomic E-state index is -0.410. The maximum Gasteiger partial charge on any atom is 0.321 e. The van der Waals surface area contributed by atoms with E-state index in [-0.39, 0.29) is 11.9 Å². The van der Waals surface area contributed by atoms with Crippen molar-refractivity contribution >= 4 is 39.2 Å². The highest BCUT2D eigenvalue weighted by molar-refractivity contribution is 9.10. The lowest BCUT2D eigenvalue weighted by molar-refractivity contribution is -0.139. The second kappa shape index (κ2) is 7.00. The highest BCUT2D eigenvalue weighted by atomic mass is 79.9. The largest absolute Gasteiger partial charge is 0.468 e. The first kappa shape index (κ1) is 14.5. The monoisotopic (exact) mass is 314 g/mol. The van der Waals surface area contributed by atoms with Gasteiger partial charge in [0, 0.05) is 24.8 Å². The molecule has 0 aliphatic heterocycles. The quantitative estimate of drug-likeness (QED) is 0.644. The van der Waals surface area contributed by atoms with Gasteiger partial charge in [-0.3, -0.25) is 9.59 Å². The van der Waals surface area contributed by atoms with Gasteiger partial charge in [-0.05, 0) is 18.2 Å². The Morgan fingerprint density at radius 1 is 1.39 bits per heavy atom. The van der Waals surface area contributed by atoms with E-state index in [0.29, 0.717) is 12.2 Å². The summed E-state index contributed by atoms with van der Waals surface area (Å²) in [4.78, 5) is 21.7. The van der Waals surface area contributed by atoms with Crippen LogP contribution in [0.5, 0.6) is 0 Å². The van der Waals surface area contributed by atoms with Crippen LogP contribution in [0.15, 0.2) is 24.3 Å². The molecule has 18 heavy (non-hydrogen) atoms. The molecular weight excluding hydrogens is 300 g/mol. The van der Waals surface area contributed by atoms with Crippen LogP contribution >= 0.6 is 15.9 Å². The molecule has 0 bridgehead atoms. The third-order valence-electron chi connectivity index (χ3n) is 2.13. The molecule has 5 nitrogen and oxygen atoms in total. The van der Waals surface area contributed by atoms with Gasteiger partial charge in [0.05, 0.1) is 7.11 Å². The number of nitrogens with one attached hydrogen (secondary N) is 2. The van der Waals surface area contributed by atoms with Crippen LogP contribution in [0.3, 0.4) is 0 Å². The van der Waals surface area contributed by atoms with Crippen LogP contribution in [0.4, 0.5) is 11.4 Å². The summed E-state index contributed by atoms with van der Waals surface area (Å²) in [7, 11) is 1.34. The molecule has 0 aliphatic carbocycles. The molecule has 1 unspecified atom stereocenters. The van der Waals surface area contributed by atoms with Crippen molar-refractivity contribution in [1.82, 2.24) is 0 Å². The molecule has 1 amide bonds. The van der Waals surface area contributed by atoms with E-state index in [0.717, 1.165) is 5.69 Å². The molecule has 0 radical (unpaired) electrons. The Bertz CT molecular complexity index is 437. The van der Waals surface area contributed by atoms with Crippen LogP contribution in [0, 0.1) is 0 Å². The van der Waals surface area contributed by atoms with Gasteiger partial charge in [-0.25, -0.2) is 0 Å². The Morgan fingerprint density at radius 2 is 2.06 bits per heavy atom. The van der Waals surface area contributed by atoms with Crippen LogP contribution in [-0.2, 0) is 14.3 Å². The topological polar surface area (TPSA) is 67.4 Å². The van der Waals surface area contributed by atoms with Crippen LogP contribution < -0.4 is 10.6 Å². The average molecular weight is 315 g/mol. The van der Waals surface area contributed by atoms with Crippen LogP contribution in [0.1, 0.15) is 6.92 Å². The van der Waals surface area contributed by atoms with Crippen molar-refractivity contribution < 1.29 is 14.3 Å². The van der Waals surface area contributed by atoms with Crippen molar-refractivity contribution in [3.05, 3.63) is 24.3 Å². The van der Waals surface area contributed by atoms with Gasteiger partial charge >= 0.3 is 5.97 Å². The number of halogens is 1. The summed E-state index contributed by atoms with van der Waals surface area (Å²) in [6.45, 7) is 1.85. The summed E-state index contributed by atoms with van der Waals surface area (Å²) in [5, 5.41) is 5.76. The summed E-state index contributed by atoms with van der Waals surface area (Å²) in [5.74, 6) is -0.458. The second-order valence-corrected chi connectivity index (χ2v) is 4.74. The zero-order valence-electron chi connectivity index (χ0n) is 10.2. The molecule has 1 aromatic rings. The molecule has 98 valence electrons. The Labute approximate surface area is 114 Å². The van der Waals surface area contributed by atoms with Gasteiger partial charge in [0.25, 0.3) is 0 Å². The second-order valence-electron chi connectivity index (χ2n) is 3.63. The smallest absolute Gasteiger partial charge is 0.321 e. The maximum atomic E-state index is 11.2. The minimum absolute atomic E-state index is 0.125. The van der Waals surface area contributed by atoms with Gasteiger partial charge in [-0.15, -0.1) is 0 Å². The van der Waals surface area contributed by atoms with E-state index in [1.807, 2.05) is 12.1 Å². The number of esters is 1. The lowest BCUT2D eigenvalue weighted by Crippen LogP contribution is -2.24. The molecule has 0 aromatic heterocycles. The number of rotatable bonds is 5. The van der Waals surface area contributed by atoms with E-state index in [1.165, 1.54) is 14.0 Å². The van der Waals surface area contributed by atoms with Crippen molar-refractivity contribution in [3.8, 4) is 0 Å². The van der Waals surface area contributed by atoms with E-state index in [2.05, 4.69) is 31.3 Å². The average Bonchev–Trinajstić information content (AvgIpc) is 2.34. The molecule has 0 saturated heterocycles. The molecule has 0 saturated carbocycles. The summed E-state index contributed by atoms with van der Waals surface area (Å²) in [6, 6.07) is 7.24. The van der Waals surface area contributed by atoms with E-state index in [1.54, 1.807) is 12.1 Å². The Balaban J connectivity index is 2.57. The Hall–Kier alpha value is -1.56. The molecule has 2 N–H and O–H groups in total. The summed E-state index contributed by atoms with van der Waals surface area (Å²) < 4.78 is 4.59. The van der Waals surface area contributed by atoms with Gasteiger partial charge in [0.2, 0.25) is 5.91 Å². The number of ether oxygens (including phenoxy) is 1. The zero-order valence-corrected chi connectivity index (χ0v) is 11.8. The van der Waals surface area contributed by atoms with Gasteiger partial charge in [0.1, 0.15) is 4.83 Å². The normalized spacial score (nSPS) is 11.5. The van der Waals surface area contributed by atoms with Gasteiger partial charge < -0.3 is 15.4 Å². The van der Waals surface area contributed by atoms with Crippen molar-refractivity contribution in [3.63, 3.8) is 0 Å². The predicted octanol–water partition coefficient (Wildman–Crippen LogP) is 1.99. The van der Waals surface area contributed by atoms with E-state index in [4.69, 9.17) is 0 Å². The standard InChI is InChI=1S/C12H15BrN2O3/c1-8(16)15-10-5-3-4-9(6-10)14-7-11(13)12(17)18-2/h3-6,11,14H,7H2,1-2H3,(H,15,16). The fourth-order valence-electron chi connectivity index (χ4n) is 1.33. The molecule has 0 spiro atoms. The van der Waals surface area contributed by atoms with Crippen molar-refractivity contribution in [2.75, 3.05) is 24.3 Å². The molecule has 0 aliphatic rings. The lowest BCUT2D eigenvalue weighted by atomic mass is 10.2. The van der Waals surface area contributed by atoms with Gasteiger partial charge in [-0.2, -0.15) is 0 Å². The summed E-state index contributed by atoms with van der Waals surface area (Å²) >= 11 is 3.21. The minimum Gasteiger partial charge on any atom is -0.468 e. The van der Waals surface area contributed by atoms with Crippen LogP contribution in [0.2, 0.25) is 0 Å². The molecule has 6 heteroatoms. The fraction of sp³-hybridized carbons (Fsp3) is 0.333. The number of anilines is 2. The molecule has 0 fully saturated rings. The van der Waals surface area contributed by atoms with Crippen molar-refractivity contribution in [2.24, 2.45) is 0 Å². The first-order valence-corrected chi connectivity index (χ1v) is 6.28. The van der Waals surface area contributed by atoms with Gasteiger partial charge in [0.15, 0.2) is 0 Å². The first-order chi connectivity index (χ1) is 8.52. The zero-order chi connectivity index (χ0) is 13.5.